The monoisotopic (exact) mass is 322 g/mol. The van der Waals surface area contributed by atoms with Gasteiger partial charge in [-0.2, -0.15) is 0 Å². The summed E-state index contributed by atoms with van der Waals surface area (Å²) in [7, 11) is -0.387. The van der Waals surface area contributed by atoms with Gasteiger partial charge in [-0.25, -0.2) is 22.9 Å². The van der Waals surface area contributed by atoms with Gasteiger partial charge in [-0.15, -0.1) is 0 Å². The fraction of sp³-hybridized carbons (Fsp3) is 0.231. The summed E-state index contributed by atoms with van der Waals surface area (Å²) in [5.74, 6) is 0.0569. The average Bonchev–Trinajstić information content (AvgIpc) is 3.01. The van der Waals surface area contributed by atoms with E-state index in [9.17, 15) is 13.2 Å². The maximum atomic E-state index is 12.3. The molecule has 0 atom stereocenters. The lowest BCUT2D eigenvalue weighted by atomic mass is 10.3. The summed E-state index contributed by atoms with van der Waals surface area (Å²) in [6.07, 6.45) is 3.32. The number of sulfonamides is 1. The van der Waals surface area contributed by atoms with Gasteiger partial charge in [-0.3, -0.25) is 4.57 Å². The molecular weight excluding hydrogens is 308 g/mol. The molecule has 0 aliphatic heterocycles. The van der Waals surface area contributed by atoms with Crippen molar-refractivity contribution in [3.8, 4) is 0 Å². The molecule has 0 saturated heterocycles. The van der Waals surface area contributed by atoms with Gasteiger partial charge in [-0.05, 0) is 12.1 Å². The highest BCUT2D eigenvalue weighted by Gasteiger charge is 2.17. The minimum Gasteiger partial charge on any atom is -0.408 e. The summed E-state index contributed by atoms with van der Waals surface area (Å²) in [4.78, 5) is 15.5. The zero-order chi connectivity index (χ0) is 15.9. The topological polar surface area (TPSA) is 99.1 Å². The van der Waals surface area contributed by atoms with E-state index in [1.54, 1.807) is 31.1 Å². The first-order chi connectivity index (χ1) is 10.4. The molecule has 2 aromatic heterocycles. The number of oxazole rings is 1. The van der Waals surface area contributed by atoms with Crippen molar-refractivity contribution in [2.75, 3.05) is 0 Å². The summed E-state index contributed by atoms with van der Waals surface area (Å²) in [6, 6.07) is 4.30. The van der Waals surface area contributed by atoms with E-state index in [0.717, 1.165) is 0 Å². The number of hydrogen-bond donors (Lipinski definition) is 1. The van der Waals surface area contributed by atoms with Gasteiger partial charge in [-0.1, -0.05) is 0 Å². The second-order valence-electron chi connectivity index (χ2n) is 4.84. The Bertz CT molecular complexity index is 997. The third kappa shape index (κ3) is 2.44. The van der Waals surface area contributed by atoms with Crippen LogP contribution in [0.2, 0.25) is 0 Å². The van der Waals surface area contributed by atoms with Gasteiger partial charge in [0.1, 0.15) is 5.82 Å². The van der Waals surface area contributed by atoms with Gasteiger partial charge >= 0.3 is 5.76 Å². The molecule has 8 nitrogen and oxygen atoms in total. The molecule has 0 fully saturated rings. The van der Waals surface area contributed by atoms with E-state index in [4.69, 9.17) is 4.42 Å². The van der Waals surface area contributed by atoms with Crippen LogP contribution in [0.4, 0.5) is 0 Å². The van der Waals surface area contributed by atoms with Crippen LogP contribution in [0, 0.1) is 0 Å². The Morgan fingerprint density at radius 3 is 2.77 bits per heavy atom. The van der Waals surface area contributed by atoms with Gasteiger partial charge in [0.05, 0.1) is 17.0 Å². The van der Waals surface area contributed by atoms with Crippen molar-refractivity contribution in [2.45, 2.75) is 11.4 Å². The molecule has 0 bridgehead atoms. The first-order valence-electron chi connectivity index (χ1n) is 6.44. The molecule has 0 radical (unpaired) electrons. The molecule has 1 aromatic carbocycles. The molecule has 0 aliphatic carbocycles. The number of hydrogen-bond acceptors (Lipinski definition) is 5. The number of rotatable bonds is 4. The predicted molar refractivity (Wildman–Crippen MR) is 78.7 cm³/mol. The molecular formula is C13H14N4O4S. The summed E-state index contributed by atoms with van der Waals surface area (Å²) in [5.41, 5.74) is 0.764. The van der Waals surface area contributed by atoms with Gasteiger partial charge in [0.25, 0.3) is 0 Å². The molecule has 0 unspecified atom stereocenters. The van der Waals surface area contributed by atoms with Crippen molar-refractivity contribution in [3.05, 3.63) is 47.0 Å². The number of nitrogens with zero attached hydrogens (tertiary/aromatic N) is 3. The van der Waals surface area contributed by atoms with E-state index < -0.39 is 15.8 Å². The van der Waals surface area contributed by atoms with Crippen molar-refractivity contribution < 1.29 is 12.8 Å². The largest absolute Gasteiger partial charge is 0.419 e. The Morgan fingerprint density at radius 2 is 2.09 bits per heavy atom. The number of aromatic nitrogens is 3. The van der Waals surface area contributed by atoms with Crippen LogP contribution in [0.5, 0.6) is 0 Å². The molecule has 1 N–H and O–H groups in total. The molecule has 3 rings (SSSR count). The van der Waals surface area contributed by atoms with Gasteiger partial charge in [0.15, 0.2) is 5.58 Å². The second kappa shape index (κ2) is 5.11. The van der Waals surface area contributed by atoms with Crippen molar-refractivity contribution in [1.29, 1.82) is 0 Å². The fourth-order valence-electron chi connectivity index (χ4n) is 2.09. The quantitative estimate of drug-likeness (QED) is 0.747. The summed E-state index contributed by atoms with van der Waals surface area (Å²) >= 11 is 0. The van der Waals surface area contributed by atoms with Crippen LogP contribution in [-0.2, 0) is 30.7 Å². The lowest BCUT2D eigenvalue weighted by Gasteiger charge is -2.06. The lowest BCUT2D eigenvalue weighted by Crippen LogP contribution is -2.24. The van der Waals surface area contributed by atoms with Gasteiger partial charge in [0.2, 0.25) is 10.0 Å². The van der Waals surface area contributed by atoms with Crippen molar-refractivity contribution in [1.82, 2.24) is 18.8 Å². The molecule has 2 heterocycles. The smallest absolute Gasteiger partial charge is 0.408 e. The zero-order valence-corrected chi connectivity index (χ0v) is 12.8. The van der Waals surface area contributed by atoms with Crippen LogP contribution in [0.1, 0.15) is 5.82 Å². The molecule has 0 aliphatic rings. The maximum Gasteiger partial charge on any atom is 0.419 e. The summed E-state index contributed by atoms with van der Waals surface area (Å²) < 4.78 is 35.1. The standard InChI is InChI=1S/C13H14N4O4S/c1-16-6-5-14-12(16)8-15-22(19,20)9-3-4-10-11(7-9)21-13(18)17(10)2/h3-7,15H,8H2,1-2H3. The van der Waals surface area contributed by atoms with Crippen LogP contribution < -0.4 is 10.5 Å². The molecule has 0 saturated carbocycles. The predicted octanol–water partition coefficient (Wildman–Crippen LogP) is 0.343. The highest BCUT2D eigenvalue weighted by atomic mass is 32.2. The van der Waals surface area contributed by atoms with Crippen LogP contribution >= 0.6 is 0 Å². The van der Waals surface area contributed by atoms with Crippen LogP contribution in [0.15, 0.2) is 44.7 Å². The van der Waals surface area contributed by atoms with Crippen molar-refractivity contribution >= 4 is 21.1 Å². The van der Waals surface area contributed by atoms with Gasteiger partial charge in [0, 0.05) is 32.6 Å². The van der Waals surface area contributed by atoms with Crippen molar-refractivity contribution in [2.24, 2.45) is 14.1 Å². The minimum atomic E-state index is -3.72. The Kier molecular flexibility index (Phi) is 3.38. The normalized spacial score (nSPS) is 12.1. The molecule has 0 amide bonds. The number of benzene rings is 1. The number of imidazole rings is 1. The minimum absolute atomic E-state index is 0.0311. The Hall–Kier alpha value is -2.39. The van der Waals surface area contributed by atoms with E-state index in [0.29, 0.717) is 11.3 Å². The van der Waals surface area contributed by atoms with Crippen LogP contribution in [0.25, 0.3) is 11.1 Å². The van der Waals surface area contributed by atoms with E-state index in [2.05, 4.69) is 9.71 Å². The van der Waals surface area contributed by atoms with E-state index in [1.165, 1.54) is 22.8 Å². The van der Waals surface area contributed by atoms with Crippen molar-refractivity contribution in [3.63, 3.8) is 0 Å². The third-order valence-electron chi connectivity index (χ3n) is 3.42. The van der Waals surface area contributed by atoms with E-state index in [1.807, 2.05) is 0 Å². The highest BCUT2D eigenvalue weighted by Crippen LogP contribution is 2.18. The molecule has 9 heteroatoms. The lowest BCUT2D eigenvalue weighted by molar-refractivity contribution is 0.527. The Balaban J connectivity index is 1.91. The van der Waals surface area contributed by atoms with E-state index in [-0.39, 0.29) is 17.0 Å². The molecule has 0 spiro atoms. The molecule has 3 aromatic rings. The first kappa shape index (κ1) is 14.5. The number of fused-ring (bicyclic) bond motifs is 1. The Morgan fingerprint density at radius 1 is 1.32 bits per heavy atom. The van der Waals surface area contributed by atoms with E-state index >= 15 is 0 Å². The number of nitrogens with one attached hydrogen (secondary N) is 1. The molecule has 22 heavy (non-hydrogen) atoms. The first-order valence-corrected chi connectivity index (χ1v) is 7.92. The average molecular weight is 322 g/mol. The number of aryl methyl sites for hydroxylation is 2. The third-order valence-corrected chi connectivity index (χ3v) is 4.81. The summed E-state index contributed by atoms with van der Waals surface area (Å²) in [5, 5.41) is 0. The van der Waals surface area contributed by atoms with Crippen LogP contribution in [-0.4, -0.2) is 22.5 Å². The Labute approximate surface area is 126 Å². The fourth-order valence-corrected chi connectivity index (χ4v) is 3.09. The SMILES string of the molecule is Cn1ccnc1CNS(=O)(=O)c1ccc2c(c1)oc(=O)n2C. The van der Waals surface area contributed by atoms with Gasteiger partial charge < -0.3 is 8.98 Å². The molecule has 116 valence electrons. The van der Waals surface area contributed by atoms with Crippen LogP contribution in [0.3, 0.4) is 0 Å². The maximum absolute atomic E-state index is 12.3. The summed E-state index contributed by atoms with van der Waals surface area (Å²) in [6.45, 7) is 0.0720. The zero-order valence-electron chi connectivity index (χ0n) is 12.0. The highest BCUT2D eigenvalue weighted by molar-refractivity contribution is 7.89. The second-order valence-corrected chi connectivity index (χ2v) is 6.60.